The number of hydrogen-bond donors (Lipinski definition) is 1. The average Bonchev–Trinajstić information content (AvgIpc) is 2.06. The molecule has 0 rings (SSSR count). The van der Waals surface area contributed by atoms with Crippen LogP contribution in [0.2, 0.25) is 6.82 Å². The summed E-state index contributed by atoms with van der Waals surface area (Å²) >= 11 is 0. The summed E-state index contributed by atoms with van der Waals surface area (Å²) in [5, 5.41) is 8.48. The number of rotatable bonds is 5. The lowest BCUT2D eigenvalue weighted by molar-refractivity contribution is 0.263. The van der Waals surface area contributed by atoms with E-state index >= 15 is 0 Å². The highest BCUT2D eigenvalue weighted by Gasteiger charge is 2.26. The molecule has 4 radical (unpaired) electrons. The summed E-state index contributed by atoms with van der Waals surface area (Å²) in [6.07, 6.45) is 5.06. The topological polar surface area (TPSA) is 38.7 Å². The van der Waals surface area contributed by atoms with E-state index in [1.807, 2.05) is 0 Å². The highest BCUT2D eigenvalue weighted by molar-refractivity contribution is 6.42. The van der Waals surface area contributed by atoms with Crippen molar-refractivity contribution in [1.82, 2.24) is 0 Å². The van der Waals surface area contributed by atoms with E-state index in [0.29, 0.717) is 0 Å². The van der Waals surface area contributed by atoms with Crippen molar-refractivity contribution in [2.24, 2.45) is 0 Å². The summed E-state index contributed by atoms with van der Waals surface area (Å²) in [4.78, 5) is 0. The first-order valence-corrected chi connectivity index (χ1v) is 3.70. The van der Waals surface area contributed by atoms with Gasteiger partial charge in [-0.25, -0.2) is 0 Å². The largest absolute Gasteiger partial charge is 0.507 e. The summed E-state index contributed by atoms with van der Waals surface area (Å²) < 4.78 is 9.48. The van der Waals surface area contributed by atoms with Gasteiger partial charge in [0.25, 0.3) is 15.5 Å². The maximum atomic E-state index is 8.48. The number of hydrogen-bond acceptors (Lipinski definition) is 3. The molecule has 6 heteroatoms. The molecule has 0 aliphatic carbocycles. The lowest BCUT2D eigenvalue weighted by atomic mass is 9.73. The monoisotopic (exact) mass is 174 g/mol. The van der Waals surface area contributed by atoms with Gasteiger partial charge >= 0.3 is 7.48 Å². The van der Waals surface area contributed by atoms with Crippen molar-refractivity contribution in [3.8, 4) is 12.0 Å². The summed E-state index contributed by atoms with van der Waals surface area (Å²) in [5.41, 5.74) is -1.12. The molecule has 0 saturated carbocycles. The van der Waals surface area contributed by atoms with E-state index in [1.54, 1.807) is 32.0 Å². The zero-order valence-corrected chi connectivity index (χ0v) is 7.65. The smallest absolute Gasteiger partial charge is 0.330 e. The number of allylic oxidation sites excluding steroid dienone is 1. The van der Waals surface area contributed by atoms with Gasteiger partial charge in [0, 0.05) is 0 Å². The summed E-state index contributed by atoms with van der Waals surface area (Å²) in [6.45, 7) is 3.47. The van der Waals surface area contributed by atoms with E-state index in [1.165, 1.54) is 15.0 Å². The van der Waals surface area contributed by atoms with Crippen molar-refractivity contribution < 1.29 is 14.3 Å². The van der Waals surface area contributed by atoms with Crippen molar-refractivity contribution >= 4 is 23.0 Å². The molecule has 0 amide bonds. The van der Waals surface area contributed by atoms with Gasteiger partial charge in [0.1, 0.15) is 11.6 Å². The minimum Gasteiger partial charge on any atom is -0.507 e. The van der Waals surface area contributed by atoms with Gasteiger partial charge in [-0.1, -0.05) is 19.0 Å². The lowest BCUT2D eigenvalue weighted by Crippen LogP contribution is -2.38. The molecule has 13 heavy (non-hydrogen) atoms. The van der Waals surface area contributed by atoms with Gasteiger partial charge in [0.2, 0.25) is 0 Å². The third kappa shape index (κ3) is 4.11. The van der Waals surface area contributed by atoms with Crippen LogP contribution in [0, 0.1) is 12.0 Å². The fourth-order valence-electron chi connectivity index (χ4n) is 0.838. The predicted octanol–water partition coefficient (Wildman–Crippen LogP) is -0.00460. The number of aliphatic hydroxyl groups is 1. The Kier molecular flexibility index (Phi) is 6.30. The Morgan fingerprint density at radius 3 is 2.69 bits per heavy atom. The third-order valence-corrected chi connectivity index (χ3v) is 1.22. The standard InChI is InChI=1S/C7H9B3O3/c1-3-4-7(5-6-11,10-13-8)12-9-2/h3-4,11H,1-2H3. The molecule has 3 nitrogen and oxygen atoms in total. The normalized spacial score (nSPS) is 14.3. The third-order valence-electron chi connectivity index (χ3n) is 1.22. The van der Waals surface area contributed by atoms with Gasteiger partial charge in [0.05, 0.1) is 0 Å². The molecule has 0 fully saturated rings. The van der Waals surface area contributed by atoms with Crippen molar-refractivity contribution in [3.05, 3.63) is 12.2 Å². The van der Waals surface area contributed by atoms with E-state index in [0.717, 1.165) is 0 Å². The van der Waals surface area contributed by atoms with Crippen LogP contribution < -0.4 is 0 Å². The molecule has 0 aromatic carbocycles. The fraction of sp³-hybridized carbons (Fsp3) is 0.429. The van der Waals surface area contributed by atoms with Crippen LogP contribution in [0.15, 0.2) is 12.2 Å². The first kappa shape index (κ1) is 12.2. The minimum atomic E-state index is -1.12. The Hall–Kier alpha value is -0.785. The van der Waals surface area contributed by atoms with Crippen LogP contribution in [0.1, 0.15) is 6.92 Å². The minimum absolute atomic E-state index is 1.12. The van der Waals surface area contributed by atoms with E-state index in [9.17, 15) is 0 Å². The second kappa shape index (κ2) is 6.70. The van der Waals surface area contributed by atoms with E-state index in [2.05, 4.69) is 10.5 Å². The van der Waals surface area contributed by atoms with Crippen molar-refractivity contribution in [2.75, 3.05) is 0 Å². The maximum absolute atomic E-state index is 8.48. The average molecular weight is 174 g/mol. The maximum Gasteiger partial charge on any atom is 0.330 e. The molecule has 0 saturated heterocycles. The van der Waals surface area contributed by atoms with E-state index in [4.69, 9.17) is 17.8 Å². The number of aliphatic hydroxyl groups excluding tert-OH is 1. The van der Waals surface area contributed by atoms with Crippen LogP contribution >= 0.6 is 0 Å². The zero-order valence-electron chi connectivity index (χ0n) is 7.65. The molecule has 0 aromatic heterocycles. The second-order valence-electron chi connectivity index (χ2n) is 2.14. The van der Waals surface area contributed by atoms with Gasteiger partial charge in [-0.3, -0.25) is 0 Å². The summed E-state index contributed by atoms with van der Waals surface area (Å²) in [6, 6.07) is 0. The molecule has 64 valence electrons. The van der Waals surface area contributed by atoms with Crippen molar-refractivity contribution in [1.29, 1.82) is 0 Å². The Bertz CT molecular complexity index is 213. The van der Waals surface area contributed by atoms with Gasteiger partial charge in [-0.15, -0.1) is 0 Å². The molecular formula is C7H9B3O3. The van der Waals surface area contributed by atoms with Crippen LogP contribution in [-0.2, 0) is 9.23 Å². The molecule has 1 N–H and O–H groups in total. The molecule has 0 aliphatic heterocycles. The predicted molar refractivity (Wildman–Crippen MR) is 52.6 cm³/mol. The summed E-state index contributed by atoms with van der Waals surface area (Å²) in [7, 11) is 7.48. The first-order chi connectivity index (χ1) is 6.24. The molecule has 0 aromatic rings. The zero-order chi connectivity index (χ0) is 10.2. The molecular weight excluding hydrogens is 165 g/mol. The van der Waals surface area contributed by atoms with Gasteiger partial charge in [0.15, 0.2) is 0 Å². The Balaban J connectivity index is 4.64. The van der Waals surface area contributed by atoms with Crippen molar-refractivity contribution in [3.63, 3.8) is 0 Å². The van der Waals surface area contributed by atoms with Crippen LogP contribution in [-0.4, -0.2) is 33.6 Å². The molecule has 0 bridgehead atoms. The van der Waals surface area contributed by atoms with Crippen LogP contribution in [0.4, 0.5) is 0 Å². The van der Waals surface area contributed by atoms with Gasteiger partial charge in [-0.2, -0.15) is 0 Å². The molecule has 0 aliphatic rings. The Labute approximate surface area is 81.5 Å². The highest BCUT2D eigenvalue weighted by atomic mass is 16.5. The molecule has 1 unspecified atom stereocenters. The highest BCUT2D eigenvalue weighted by Crippen LogP contribution is 2.10. The lowest BCUT2D eigenvalue weighted by Gasteiger charge is -2.22. The van der Waals surface area contributed by atoms with Gasteiger partial charge < -0.3 is 14.3 Å². The SMILES string of the molecule is [B]O[B]C(C#CO)(C=CC)O[B]C. The van der Waals surface area contributed by atoms with Crippen LogP contribution in [0.3, 0.4) is 0 Å². The molecule has 1 atom stereocenters. The Morgan fingerprint density at radius 1 is 1.62 bits per heavy atom. The first-order valence-electron chi connectivity index (χ1n) is 3.70. The quantitative estimate of drug-likeness (QED) is 0.361. The molecule has 0 spiro atoms. The molecule has 0 heterocycles. The Morgan fingerprint density at radius 2 is 2.31 bits per heavy atom. The van der Waals surface area contributed by atoms with E-state index < -0.39 is 5.50 Å². The fourth-order valence-corrected chi connectivity index (χ4v) is 0.838. The van der Waals surface area contributed by atoms with Gasteiger partial charge in [-0.05, 0) is 12.8 Å². The second-order valence-corrected chi connectivity index (χ2v) is 2.14. The summed E-state index contributed by atoms with van der Waals surface area (Å²) in [5.74, 6) is 2.40. The van der Waals surface area contributed by atoms with Crippen LogP contribution in [0.25, 0.3) is 0 Å². The van der Waals surface area contributed by atoms with Crippen molar-refractivity contribution in [2.45, 2.75) is 19.2 Å². The van der Waals surface area contributed by atoms with E-state index in [-0.39, 0.29) is 0 Å². The van der Waals surface area contributed by atoms with Crippen LogP contribution in [0.5, 0.6) is 0 Å².